The first-order valence-electron chi connectivity index (χ1n) is 5.42. The van der Waals surface area contributed by atoms with Gasteiger partial charge in [-0.2, -0.15) is 0 Å². The molecule has 7 heteroatoms. The second-order valence-electron chi connectivity index (χ2n) is 4.57. The molecule has 5 N–H and O–H groups in total. The van der Waals surface area contributed by atoms with Crippen molar-refractivity contribution in [2.24, 2.45) is 5.73 Å². The zero-order chi connectivity index (χ0) is 13.1. The zero-order valence-electron chi connectivity index (χ0n) is 9.66. The Hall–Kier alpha value is -1.79. The third-order valence-corrected chi connectivity index (χ3v) is 2.88. The fourth-order valence-electron chi connectivity index (χ4n) is 1.70. The first kappa shape index (κ1) is 13.3. The van der Waals surface area contributed by atoms with Gasteiger partial charge in [-0.25, -0.2) is 9.59 Å². The fraction of sp³-hybridized carbons (Fsp3) is 0.700. The van der Waals surface area contributed by atoms with Gasteiger partial charge in [0.1, 0.15) is 6.04 Å². The van der Waals surface area contributed by atoms with Gasteiger partial charge >= 0.3 is 12.0 Å². The smallest absolute Gasteiger partial charge is 0.326 e. The average molecular weight is 243 g/mol. The highest BCUT2D eigenvalue weighted by atomic mass is 16.4. The van der Waals surface area contributed by atoms with E-state index in [4.69, 9.17) is 10.8 Å². The summed E-state index contributed by atoms with van der Waals surface area (Å²) in [5, 5.41) is 13.7. The lowest BCUT2D eigenvalue weighted by Gasteiger charge is -2.39. The van der Waals surface area contributed by atoms with Crippen LogP contribution in [-0.2, 0) is 9.59 Å². The molecule has 1 rings (SSSR count). The third kappa shape index (κ3) is 3.93. The van der Waals surface area contributed by atoms with Gasteiger partial charge in [0, 0.05) is 5.54 Å². The van der Waals surface area contributed by atoms with Crippen LogP contribution in [-0.4, -0.2) is 34.6 Å². The van der Waals surface area contributed by atoms with E-state index in [0.717, 1.165) is 19.3 Å². The number of carboxylic acids is 1. The number of primary amides is 1. The summed E-state index contributed by atoms with van der Waals surface area (Å²) in [4.78, 5) is 32.9. The van der Waals surface area contributed by atoms with Gasteiger partial charge in [0.05, 0.1) is 6.42 Å². The standard InChI is InChI=1S/C10H17N3O4/c1-10(3-2-4-10)13-9(17)12-6(8(15)16)5-7(11)14/h6H,2-5H2,1H3,(H2,11,14)(H,15,16)(H2,12,13,17)/t6-/m1/s1. The first-order valence-corrected chi connectivity index (χ1v) is 5.42. The summed E-state index contributed by atoms with van der Waals surface area (Å²) in [6.07, 6.45) is 2.36. The topological polar surface area (TPSA) is 122 Å². The van der Waals surface area contributed by atoms with Crippen LogP contribution in [0.1, 0.15) is 32.6 Å². The lowest BCUT2D eigenvalue weighted by molar-refractivity contribution is -0.140. The number of aliphatic carboxylic acids is 1. The maximum absolute atomic E-state index is 11.5. The Kier molecular flexibility index (Phi) is 3.93. The van der Waals surface area contributed by atoms with E-state index in [1.54, 1.807) is 0 Å². The van der Waals surface area contributed by atoms with Crippen LogP contribution in [0.25, 0.3) is 0 Å². The van der Waals surface area contributed by atoms with Gasteiger partial charge in [-0.15, -0.1) is 0 Å². The molecule has 0 aliphatic heterocycles. The Labute approximate surface area is 98.7 Å². The lowest BCUT2D eigenvalue weighted by Crippen LogP contribution is -2.57. The zero-order valence-corrected chi connectivity index (χ0v) is 9.66. The molecule has 3 amide bonds. The fourth-order valence-corrected chi connectivity index (χ4v) is 1.70. The van der Waals surface area contributed by atoms with Crippen LogP contribution in [0.3, 0.4) is 0 Å². The number of rotatable bonds is 5. The number of carbonyl (C=O) groups is 3. The van der Waals surface area contributed by atoms with Crippen LogP contribution >= 0.6 is 0 Å². The van der Waals surface area contributed by atoms with Crippen LogP contribution in [0.4, 0.5) is 4.79 Å². The molecule has 1 saturated carbocycles. The molecule has 0 unspecified atom stereocenters. The van der Waals surface area contributed by atoms with E-state index >= 15 is 0 Å². The van der Waals surface area contributed by atoms with Crippen LogP contribution in [0.5, 0.6) is 0 Å². The predicted octanol–water partition coefficient (Wildman–Crippen LogP) is -0.443. The number of hydrogen-bond acceptors (Lipinski definition) is 3. The average Bonchev–Trinajstić information content (AvgIpc) is 2.13. The van der Waals surface area contributed by atoms with E-state index in [-0.39, 0.29) is 5.54 Å². The summed E-state index contributed by atoms with van der Waals surface area (Å²) in [6.45, 7) is 1.89. The van der Waals surface area contributed by atoms with Gasteiger partial charge in [0.15, 0.2) is 0 Å². The molecular weight excluding hydrogens is 226 g/mol. The van der Waals surface area contributed by atoms with Crippen LogP contribution in [0.2, 0.25) is 0 Å². The van der Waals surface area contributed by atoms with Gasteiger partial charge in [0.25, 0.3) is 0 Å². The van der Waals surface area contributed by atoms with Gasteiger partial charge < -0.3 is 21.5 Å². The van der Waals surface area contributed by atoms with Crippen molar-refractivity contribution in [3.63, 3.8) is 0 Å². The number of carboxylic acid groups (broad SMARTS) is 1. The molecular formula is C10H17N3O4. The molecule has 0 bridgehead atoms. The van der Waals surface area contributed by atoms with Crippen molar-refractivity contribution in [1.82, 2.24) is 10.6 Å². The lowest BCUT2D eigenvalue weighted by atomic mass is 9.79. The number of hydrogen-bond donors (Lipinski definition) is 4. The third-order valence-electron chi connectivity index (χ3n) is 2.88. The second-order valence-corrected chi connectivity index (χ2v) is 4.57. The summed E-state index contributed by atoms with van der Waals surface area (Å²) in [5.41, 5.74) is 4.63. The van der Waals surface area contributed by atoms with Gasteiger partial charge in [-0.1, -0.05) is 0 Å². The molecule has 96 valence electrons. The second kappa shape index (κ2) is 5.03. The highest BCUT2D eigenvalue weighted by Gasteiger charge is 2.34. The molecule has 1 aliphatic rings. The van der Waals surface area contributed by atoms with E-state index in [9.17, 15) is 14.4 Å². The van der Waals surface area contributed by atoms with Gasteiger partial charge in [-0.3, -0.25) is 4.79 Å². The number of carbonyl (C=O) groups excluding carboxylic acids is 2. The number of nitrogens with two attached hydrogens (primary N) is 1. The van der Waals surface area contributed by atoms with Crippen molar-refractivity contribution in [1.29, 1.82) is 0 Å². The molecule has 7 nitrogen and oxygen atoms in total. The molecule has 1 fully saturated rings. The largest absolute Gasteiger partial charge is 0.480 e. The van der Waals surface area contributed by atoms with Crippen LogP contribution < -0.4 is 16.4 Å². The summed E-state index contributed by atoms with van der Waals surface area (Å²) in [6, 6.07) is -1.86. The van der Waals surface area contributed by atoms with Gasteiger partial charge in [0.2, 0.25) is 5.91 Å². The van der Waals surface area contributed by atoms with Crippen LogP contribution in [0, 0.1) is 0 Å². The SMILES string of the molecule is CC1(NC(=O)N[C@H](CC(N)=O)C(=O)O)CCC1. The van der Waals surface area contributed by atoms with Gasteiger partial charge in [-0.05, 0) is 26.2 Å². The molecule has 0 aromatic rings. The molecule has 17 heavy (non-hydrogen) atoms. The van der Waals surface area contributed by atoms with E-state index in [2.05, 4.69) is 10.6 Å². The maximum atomic E-state index is 11.5. The Morgan fingerprint density at radius 3 is 2.35 bits per heavy atom. The minimum absolute atomic E-state index is 0.264. The molecule has 0 aromatic carbocycles. The maximum Gasteiger partial charge on any atom is 0.326 e. The normalized spacial score (nSPS) is 18.6. The van der Waals surface area contributed by atoms with Crippen molar-refractivity contribution < 1.29 is 19.5 Å². The molecule has 0 aromatic heterocycles. The van der Waals surface area contributed by atoms with Crippen LogP contribution in [0.15, 0.2) is 0 Å². The Morgan fingerprint density at radius 2 is 2.00 bits per heavy atom. The number of nitrogens with one attached hydrogen (secondary N) is 2. The molecule has 1 atom stereocenters. The quantitative estimate of drug-likeness (QED) is 0.522. The van der Waals surface area contributed by atoms with Crippen molar-refractivity contribution in [3.8, 4) is 0 Å². The summed E-state index contributed by atoms with van der Waals surface area (Å²) >= 11 is 0. The minimum atomic E-state index is -1.28. The molecule has 0 radical (unpaired) electrons. The van der Waals surface area contributed by atoms with Crippen molar-refractivity contribution >= 4 is 17.9 Å². The molecule has 1 aliphatic carbocycles. The highest BCUT2D eigenvalue weighted by molar-refractivity contribution is 5.87. The van der Waals surface area contributed by atoms with E-state index < -0.39 is 30.4 Å². The van der Waals surface area contributed by atoms with Crippen molar-refractivity contribution in [2.45, 2.75) is 44.2 Å². The molecule has 0 heterocycles. The Bertz CT molecular complexity index is 338. The summed E-state index contributed by atoms with van der Waals surface area (Å²) in [7, 11) is 0. The van der Waals surface area contributed by atoms with E-state index in [1.807, 2.05) is 6.92 Å². The summed E-state index contributed by atoms with van der Waals surface area (Å²) in [5.74, 6) is -2.05. The first-order chi connectivity index (χ1) is 7.82. The van der Waals surface area contributed by atoms with Crippen molar-refractivity contribution in [2.75, 3.05) is 0 Å². The van der Waals surface area contributed by atoms with E-state index in [1.165, 1.54) is 0 Å². The molecule has 0 spiro atoms. The Balaban J connectivity index is 2.46. The number of amides is 3. The van der Waals surface area contributed by atoms with Crippen molar-refractivity contribution in [3.05, 3.63) is 0 Å². The van der Waals surface area contributed by atoms with E-state index in [0.29, 0.717) is 0 Å². The highest BCUT2D eigenvalue weighted by Crippen LogP contribution is 2.30. The summed E-state index contributed by atoms with van der Waals surface area (Å²) < 4.78 is 0. The predicted molar refractivity (Wildman–Crippen MR) is 59.2 cm³/mol. The minimum Gasteiger partial charge on any atom is -0.480 e. The monoisotopic (exact) mass is 243 g/mol. The molecule has 0 saturated heterocycles. The Morgan fingerprint density at radius 1 is 1.41 bits per heavy atom. The number of urea groups is 1.